The molecule has 1 aromatic rings. The monoisotopic (exact) mass is 192 g/mol. The van der Waals surface area contributed by atoms with Gasteiger partial charge in [-0.05, 0) is 40.0 Å². The summed E-state index contributed by atoms with van der Waals surface area (Å²) < 4.78 is 0. The van der Waals surface area contributed by atoms with Crippen LogP contribution in [0.25, 0.3) is 0 Å². The third-order valence-electron chi connectivity index (χ3n) is 2.57. The Balaban J connectivity index is 2.42. The fourth-order valence-corrected chi connectivity index (χ4v) is 1.16. The fraction of sp³-hybridized carbons (Fsp3) is 0.583. The van der Waals surface area contributed by atoms with Crippen molar-refractivity contribution in [3.05, 3.63) is 30.1 Å². The number of hydrogen-bond donors (Lipinski definition) is 0. The molecule has 1 rings (SSSR count). The summed E-state index contributed by atoms with van der Waals surface area (Å²) in [6.45, 7) is 7.74. The Kier molecular flexibility index (Phi) is 3.64. The highest BCUT2D eigenvalue weighted by atomic mass is 15.1. The highest BCUT2D eigenvalue weighted by molar-refractivity contribution is 5.03. The van der Waals surface area contributed by atoms with Gasteiger partial charge in [0.15, 0.2) is 0 Å². The zero-order chi connectivity index (χ0) is 10.6. The molecule has 2 heteroatoms. The first-order chi connectivity index (χ1) is 6.50. The van der Waals surface area contributed by atoms with Gasteiger partial charge in [-0.25, -0.2) is 0 Å². The van der Waals surface area contributed by atoms with Gasteiger partial charge in [-0.1, -0.05) is 6.07 Å². The minimum absolute atomic E-state index is 0.245. The van der Waals surface area contributed by atoms with Crippen molar-refractivity contribution >= 4 is 0 Å². The first-order valence-electron chi connectivity index (χ1n) is 5.11. The van der Waals surface area contributed by atoms with Crippen LogP contribution in [-0.2, 0) is 6.42 Å². The number of pyridine rings is 1. The van der Waals surface area contributed by atoms with Crippen LogP contribution in [0.3, 0.4) is 0 Å². The molecule has 0 amide bonds. The number of likely N-dealkylation sites (N-methyl/N-ethyl adjacent to an activating group) is 1. The molecule has 2 nitrogen and oxygen atoms in total. The van der Waals surface area contributed by atoms with E-state index in [-0.39, 0.29) is 5.54 Å². The van der Waals surface area contributed by atoms with E-state index in [1.807, 2.05) is 18.3 Å². The van der Waals surface area contributed by atoms with Crippen molar-refractivity contribution < 1.29 is 0 Å². The van der Waals surface area contributed by atoms with Gasteiger partial charge in [0.05, 0.1) is 0 Å². The van der Waals surface area contributed by atoms with E-state index >= 15 is 0 Å². The van der Waals surface area contributed by atoms with Crippen LogP contribution in [0.1, 0.15) is 26.5 Å². The molecule has 0 atom stereocenters. The Morgan fingerprint density at radius 1 is 1.29 bits per heavy atom. The minimum Gasteiger partial charge on any atom is -0.301 e. The molecule has 0 unspecified atom stereocenters. The molecule has 1 aromatic heterocycles. The average Bonchev–Trinajstić information content (AvgIpc) is 2.14. The molecule has 0 bridgehead atoms. The Morgan fingerprint density at radius 2 is 2.00 bits per heavy atom. The molecule has 0 aromatic carbocycles. The van der Waals surface area contributed by atoms with Gasteiger partial charge in [-0.15, -0.1) is 0 Å². The summed E-state index contributed by atoms with van der Waals surface area (Å²) in [6.07, 6.45) is 2.88. The van der Waals surface area contributed by atoms with Crippen LogP contribution < -0.4 is 0 Å². The van der Waals surface area contributed by atoms with Crippen LogP contribution in [0, 0.1) is 0 Å². The topological polar surface area (TPSA) is 16.1 Å². The predicted molar refractivity (Wildman–Crippen MR) is 60.3 cm³/mol. The third kappa shape index (κ3) is 3.46. The van der Waals surface area contributed by atoms with E-state index in [2.05, 4.69) is 43.8 Å². The quantitative estimate of drug-likeness (QED) is 0.731. The molecule has 0 aliphatic rings. The van der Waals surface area contributed by atoms with Gasteiger partial charge in [-0.2, -0.15) is 0 Å². The number of aromatic nitrogens is 1. The Morgan fingerprint density at radius 3 is 2.50 bits per heavy atom. The van der Waals surface area contributed by atoms with Crippen molar-refractivity contribution in [1.29, 1.82) is 0 Å². The SMILES string of the molecule is CN(CCc1ccccn1)C(C)(C)C. The Bertz CT molecular complexity index is 261. The highest BCUT2D eigenvalue weighted by Crippen LogP contribution is 2.10. The van der Waals surface area contributed by atoms with E-state index < -0.39 is 0 Å². The lowest BCUT2D eigenvalue weighted by molar-refractivity contribution is 0.177. The highest BCUT2D eigenvalue weighted by Gasteiger charge is 2.16. The van der Waals surface area contributed by atoms with E-state index in [9.17, 15) is 0 Å². The molecule has 78 valence electrons. The predicted octanol–water partition coefficient (Wildman–Crippen LogP) is 2.35. The van der Waals surface area contributed by atoms with Gasteiger partial charge in [-0.3, -0.25) is 4.98 Å². The summed E-state index contributed by atoms with van der Waals surface area (Å²) in [5.41, 5.74) is 1.41. The van der Waals surface area contributed by atoms with Crippen molar-refractivity contribution in [3.8, 4) is 0 Å². The number of rotatable bonds is 3. The first-order valence-corrected chi connectivity index (χ1v) is 5.11. The first kappa shape index (κ1) is 11.2. The fourth-order valence-electron chi connectivity index (χ4n) is 1.16. The average molecular weight is 192 g/mol. The maximum absolute atomic E-state index is 4.31. The molecular weight excluding hydrogens is 172 g/mol. The molecule has 0 N–H and O–H groups in total. The zero-order valence-corrected chi connectivity index (χ0v) is 9.62. The standard InChI is InChI=1S/C12H20N2/c1-12(2,3)14(4)10-8-11-7-5-6-9-13-11/h5-7,9H,8,10H2,1-4H3. The molecule has 0 aliphatic heterocycles. The molecule has 0 saturated heterocycles. The van der Waals surface area contributed by atoms with Crippen LogP contribution in [-0.4, -0.2) is 29.0 Å². The van der Waals surface area contributed by atoms with Gasteiger partial charge in [0.2, 0.25) is 0 Å². The number of hydrogen-bond acceptors (Lipinski definition) is 2. The molecule has 0 fully saturated rings. The van der Waals surface area contributed by atoms with E-state index in [1.54, 1.807) is 0 Å². The summed E-state index contributed by atoms with van der Waals surface area (Å²) >= 11 is 0. The van der Waals surface area contributed by atoms with Crippen LogP contribution >= 0.6 is 0 Å². The smallest absolute Gasteiger partial charge is 0.0416 e. The van der Waals surface area contributed by atoms with Gasteiger partial charge in [0.25, 0.3) is 0 Å². The molecule has 1 heterocycles. The summed E-state index contributed by atoms with van der Waals surface area (Å²) in [6, 6.07) is 6.08. The van der Waals surface area contributed by atoms with Gasteiger partial charge in [0.1, 0.15) is 0 Å². The van der Waals surface area contributed by atoms with Crippen LogP contribution in [0.4, 0.5) is 0 Å². The van der Waals surface area contributed by atoms with Crippen LogP contribution in [0.5, 0.6) is 0 Å². The maximum Gasteiger partial charge on any atom is 0.0416 e. The minimum atomic E-state index is 0.245. The second kappa shape index (κ2) is 4.56. The van der Waals surface area contributed by atoms with Crippen molar-refractivity contribution in [2.45, 2.75) is 32.7 Å². The molecule has 0 saturated carbocycles. The van der Waals surface area contributed by atoms with Crippen molar-refractivity contribution in [3.63, 3.8) is 0 Å². The van der Waals surface area contributed by atoms with E-state index in [0.717, 1.165) is 13.0 Å². The van der Waals surface area contributed by atoms with Crippen LogP contribution in [0.2, 0.25) is 0 Å². The second-order valence-electron chi connectivity index (χ2n) is 4.66. The van der Waals surface area contributed by atoms with E-state index in [0.29, 0.717) is 0 Å². The molecular formula is C12H20N2. The molecule has 0 radical (unpaired) electrons. The number of nitrogens with zero attached hydrogens (tertiary/aromatic N) is 2. The Hall–Kier alpha value is -0.890. The summed E-state index contributed by atoms with van der Waals surface area (Å²) in [5, 5.41) is 0. The second-order valence-corrected chi connectivity index (χ2v) is 4.66. The summed E-state index contributed by atoms with van der Waals surface area (Å²) in [4.78, 5) is 6.65. The normalized spacial score (nSPS) is 12.1. The third-order valence-corrected chi connectivity index (χ3v) is 2.57. The maximum atomic E-state index is 4.31. The molecule has 0 aliphatic carbocycles. The van der Waals surface area contributed by atoms with E-state index in [4.69, 9.17) is 0 Å². The van der Waals surface area contributed by atoms with Crippen molar-refractivity contribution in [2.24, 2.45) is 0 Å². The molecule has 14 heavy (non-hydrogen) atoms. The lowest BCUT2D eigenvalue weighted by Crippen LogP contribution is -2.39. The van der Waals surface area contributed by atoms with Gasteiger partial charge in [0, 0.05) is 30.4 Å². The van der Waals surface area contributed by atoms with Crippen LogP contribution in [0.15, 0.2) is 24.4 Å². The van der Waals surface area contributed by atoms with Gasteiger partial charge < -0.3 is 4.90 Å². The van der Waals surface area contributed by atoms with Crippen molar-refractivity contribution in [2.75, 3.05) is 13.6 Å². The van der Waals surface area contributed by atoms with Crippen molar-refractivity contribution in [1.82, 2.24) is 9.88 Å². The lowest BCUT2D eigenvalue weighted by Gasteiger charge is -2.31. The zero-order valence-electron chi connectivity index (χ0n) is 9.62. The largest absolute Gasteiger partial charge is 0.301 e. The van der Waals surface area contributed by atoms with Gasteiger partial charge >= 0.3 is 0 Å². The summed E-state index contributed by atoms with van der Waals surface area (Å²) in [5.74, 6) is 0. The Labute approximate surface area is 87.0 Å². The summed E-state index contributed by atoms with van der Waals surface area (Å²) in [7, 11) is 2.16. The lowest BCUT2D eigenvalue weighted by atomic mass is 10.1. The van der Waals surface area contributed by atoms with E-state index in [1.165, 1.54) is 5.69 Å². The molecule has 0 spiro atoms.